The van der Waals surface area contributed by atoms with Crippen molar-refractivity contribution < 1.29 is 4.74 Å². The molecular weight excluding hydrogens is 304 g/mol. The van der Waals surface area contributed by atoms with Gasteiger partial charge in [0.15, 0.2) is 0 Å². The van der Waals surface area contributed by atoms with Crippen molar-refractivity contribution in [2.45, 2.75) is 25.8 Å². The Morgan fingerprint density at radius 1 is 1.53 bits per heavy atom. The second kappa shape index (κ2) is 6.73. The van der Waals surface area contributed by atoms with Gasteiger partial charge in [-0.15, -0.1) is 0 Å². The molecule has 2 N–H and O–H groups in total. The number of nitrogens with zero attached hydrogens (tertiary/aromatic N) is 1. The van der Waals surface area contributed by atoms with Crippen molar-refractivity contribution in [2.75, 3.05) is 31.7 Å². The Balaban J connectivity index is 2.11. The zero-order valence-electron chi connectivity index (χ0n) is 11.7. The second-order valence-electron chi connectivity index (χ2n) is 5.40. The van der Waals surface area contributed by atoms with Crippen molar-refractivity contribution >= 4 is 21.6 Å². The molecule has 106 valence electrons. The lowest BCUT2D eigenvalue weighted by Crippen LogP contribution is -2.37. The topological polar surface area (TPSA) is 38.5 Å². The van der Waals surface area contributed by atoms with Crippen LogP contribution < -0.4 is 10.6 Å². The fourth-order valence-corrected chi connectivity index (χ4v) is 3.48. The van der Waals surface area contributed by atoms with Gasteiger partial charge in [0, 0.05) is 36.4 Å². The van der Waals surface area contributed by atoms with Crippen molar-refractivity contribution in [2.24, 2.45) is 11.7 Å². The minimum atomic E-state index is 0.0611. The highest BCUT2D eigenvalue weighted by atomic mass is 79.9. The Morgan fingerprint density at radius 2 is 2.32 bits per heavy atom. The van der Waals surface area contributed by atoms with Gasteiger partial charge in [-0.1, -0.05) is 22.0 Å². The maximum atomic E-state index is 5.94. The summed E-state index contributed by atoms with van der Waals surface area (Å²) in [7, 11) is 1.78. The minimum Gasteiger partial charge on any atom is -0.384 e. The van der Waals surface area contributed by atoms with Crippen LogP contribution in [-0.2, 0) is 4.74 Å². The number of benzene rings is 1. The second-order valence-corrected chi connectivity index (χ2v) is 6.26. The highest BCUT2D eigenvalue weighted by Gasteiger charge is 2.20. The lowest BCUT2D eigenvalue weighted by atomic mass is 9.98. The van der Waals surface area contributed by atoms with E-state index in [1.807, 2.05) is 6.92 Å². The summed E-state index contributed by atoms with van der Waals surface area (Å²) in [5.41, 5.74) is 8.38. The van der Waals surface area contributed by atoms with E-state index in [-0.39, 0.29) is 6.04 Å². The Labute approximate surface area is 124 Å². The molecule has 0 radical (unpaired) electrons. The maximum Gasteiger partial charge on any atom is 0.0507 e. The van der Waals surface area contributed by atoms with Gasteiger partial charge < -0.3 is 15.4 Å². The molecule has 1 aromatic carbocycles. The summed E-state index contributed by atoms with van der Waals surface area (Å²) in [5.74, 6) is 0.644. The molecule has 2 atom stereocenters. The number of anilines is 1. The van der Waals surface area contributed by atoms with Crippen molar-refractivity contribution in [1.82, 2.24) is 0 Å². The Morgan fingerprint density at radius 3 is 2.95 bits per heavy atom. The van der Waals surface area contributed by atoms with Gasteiger partial charge in [0.25, 0.3) is 0 Å². The highest BCUT2D eigenvalue weighted by molar-refractivity contribution is 9.10. The molecule has 1 aromatic rings. The number of rotatable bonds is 4. The van der Waals surface area contributed by atoms with Gasteiger partial charge in [-0.3, -0.25) is 0 Å². The fraction of sp³-hybridized carbons (Fsp3) is 0.600. The Kier molecular flexibility index (Phi) is 5.25. The van der Waals surface area contributed by atoms with E-state index in [4.69, 9.17) is 10.5 Å². The molecule has 2 rings (SSSR count). The molecule has 1 aliphatic heterocycles. The molecule has 0 bridgehead atoms. The van der Waals surface area contributed by atoms with Crippen LogP contribution in [0.2, 0.25) is 0 Å². The van der Waals surface area contributed by atoms with Crippen LogP contribution in [0.5, 0.6) is 0 Å². The number of piperidine rings is 1. The molecular formula is C15H23BrN2O. The van der Waals surface area contributed by atoms with E-state index in [9.17, 15) is 0 Å². The average Bonchev–Trinajstić information content (AvgIpc) is 2.39. The molecule has 0 aliphatic carbocycles. The van der Waals surface area contributed by atoms with Crippen molar-refractivity contribution in [1.29, 1.82) is 0 Å². The summed E-state index contributed by atoms with van der Waals surface area (Å²) >= 11 is 3.63. The molecule has 1 fully saturated rings. The van der Waals surface area contributed by atoms with Crippen LogP contribution in [-0.4, -0.2) is 26.8 Å². The van der Waals surface area contributed by atoms with Gasteiger partial charge in [0.05, 0.1) is 6.61 Å². The summed E-state index contributed by atoms with van der Waals surface area (Å²) in [6, 6.07) is 6.56. The van der Waals surface area contributed by atoms with Gasteiger partial charge in [-0.25, -0.2) is 0 Å². The normalized spacial score (nSPS) is 21.5. The first-order chi connectivity index (χ1) is 9.11. The summed E-state index contributed by atoms with van der Waals surface area (Å²) in [5, 5.41) is 0. The monoisotopic (exact) mass is 326 g/mol. The van der Waals surface area contributed by atoms with E-state index in [1.54, 1.807) is 7.11 Å². The maximum absolute atomic E-state index is 5.94. The molecule has 1 unspecified atom stereocenters. The number of hydrogen-bond acceptors (Lipinski definition) is 3. The Hall–Kier alpha value is -0.580. The molecule has 4 heteroatoms. The van der Waals surface area contributed by atoms with E-state index < -0.39 is 0 Å². The number of methoxy groups -OCH3 is 1. The summed E-state index contributed by atoms with van der Waals surface area (Å²) in [4.78, 5) is 2.45. The van der Waals surface area contributed by atoms with E-state index in [0.29, 0.717) is 5.92 Å². The first-order valence-electron chi connectivity index (χ1n) is 6.90. The predicted octanol–water partition coefficient (Wildman–Crippen LogP) is 3.33. The van der Waals surface area contributed by atoms with Gasteiger partial charge in [0.2, 0.25) is 0 Å². The number of ether oxygens (including phenoxy) is 1. The van der Waals surface area contributed by atoms with E-state index >= 15 is 0 Å². The summed E-state index contributed by atoms with van der Waals surface area (Å²) in [6.45, 7) is 5.08. The standard InChI is InChI=1S/C15H23BrN2O/c1-11(17)14-6-5-13(8-15(14)16)18-7-3-4-12(9-18)10-19-2/h5-6,8,11-12H,3-4,7,9-10,17H2,1-2H3/t11-,12?/m1/s1. The van der Waals surface area contributed by atoms with Gasteiger partial charge in [0.1, 0.15) is 0 Å². The molecule has 0 spiro atoms. The lowest BCUT2D eigenvalue weighted by molar-refractivity contribution is 0.143. The number of halogens is 1. The Bertz CT molecular complexity index is 421. The molecule has 1 heterocycles. The highest BCUT2D eigenvalue weighted by Crippen LogP contribution is 2.30. The van der Waals surface area contributed by atoms with Crippen LogP contribution in [0.25, 0.3) is 0 Å². The van der Waals surface area contributed by atoms with E-state index in [2.05, 4.69) is 39.0 Å². The third-order valence-corrected chi connectivity index (χ3v) is 4.45. The van der Waals surface area contributed by atoms with Gasteiger partial charge in [-0.2, -0.15) is 0 Å². The quantitative estimate of drug-likeness (QED) is 0.922. The van der Waals surface area contributed by atoms with Crippen LogP contribution in [0.4, 0.5) is 5.69 Å². The zero-order valence-corrected chi connectivity index (χ0v) is 13.3. The third-order valence-electron chi connectivity index (χ3n) is 3.76. The van der Waals surface area contributed by atoms with E-state index in [1.165, 1.54) is 18.5 Å². The van der Waals surface area contributed by atoms with Crippen LogP contribution in [0.15, 0.2) is 22.7 Å². The predicted molar refractivity (Wildman–Crippen MR) is 83.6 cm³/mol. The first kappa shape index (κ1) is 14.8. The van der Waals surface area contributed by atoms with E-state index in [0.717, 1.165) is 29.7 Å². The van der Waals surface area contributed by atoms with Crippen LogP contribution in [0.1, 0.15) is 31.4 Å². The largest absolute Gasteiger partial charge is 0.384 e. The lowest BCUT2D eigenvalue weighted by Gasteiger charge is -2.34. The third kappa shape index (κ3) is 3.71. The van der Waals surface area contributed by atoms with Crippen molar-refractivity contribution in [3.63, 3.8) is 0 Å². The molecule has 1 saturated heterocycles. The molecule has 1 aliphatic rings. The van der Waals surface area contributed by atoms with Gasteiger partial charge >= 0.3 is 0 Å². The van der Waals surface area contributed by atoms with Crippen LogP contribution >= 0.6 is 15.9 Å². The van der Waals surface area contributed by atoms with Crippen molar-refractivity contribution in [3.8, 4) is 0 Å². The molecule has 0 aromatic heterocycles. The van der Waals surface area contributed by atoms with Crippen LogP contribution in [0, 0.1) is 5.92 Å². The summed E-state index contributed by atoms with van der Waals surface area (Å²) < 4.78 is 6.39. The molecule has 3 nitrogen and oxygen atoms in total. The molecule has 19 heavy (non-hydrogen) atoms. The molecule has 0 amide bonds. The van der Waals surface area contributed by atoms with Gasteiger partial charge in [-0.05, 0) is 43.4 Å². The SMILES string of the molecule is COCC1CCCN(c2ccc([C@@H](C)N)c(Br)c2)C1. The average molecular weight is 327 g/mol. The number of nitrogens with two attached hydrogens (primary N) is 1. The smallest absolute Gasteiger partial charge is 0.0507 e. The van der Waals surface area contributed by atoms with Crippen molar-refractivity contribution in [3.05, 3.63) is 28.2 Å². The minimum absolute atomic E-state index is 0.0611. The zero-order chi connectivity index (χ0) is 13.8. The summed E-state index contributed by atoms with van der Waals surface area (Å²) in [6.07, 6.45) is 2.50. The number of hydrogen-bond donors (Lipinski definition) is 1. The fourth-order valence-electron chi connectivity index (χ4n) is 2.75. The first-order valence-corrected chi connectivity index (χ1v) is 7.70. The molecule has 0 saturated carbocycles. The van der Waals surface area contributed by atoms with Crippen LogP contribution in [0.3, 0.4) is 0 Å².